The summed E-state index contributed by atoms with van der Waals surface area (Å²) in [6.45, 7) is 0. The van der Waals surface area contributed by atoms with Crippen LogP contribution in [0.25, 0.3) is 0 Å². The lowest BCUT2D eigenvalue weighted by Gasteiger charge is -2.79. The monoisotopic (exact) mass is 346 g/mol. The topological polar surface area (TPSA) is 0 Å². The lowest BCUT2D eigenvalue weighted by Crippen LogP contribution is -2.74. The third kappa shape index (κ3) is 0.918. The van der Waals surface area contributed by atoms with Crippen LogP contribution in [0.4, 0.5) is 0 Å². The Balaban J connectivity index is 1.42. The molecule has 0 N–H and O–H groups in total. The van der Waals surface area contributed by atoms with Crippen molar-refractivity contribution in [1.29, 1.82) is 0 Å². The van der Waals surface area contributed by atoms with E-state index in [9.17, 15) is 0 Å². The summed E-state index contributed by atoms with van der Waals surface area (Å²) in [5.41, 5.74) is 0. The zero-order chi connectivity index (χ0) is 10.4. The Hall–Kier alpha value is 1.08. The van der Waals surface area contributed by atoms with Gasteiger partial charge in [0.15, 0.2) is 0 Å². The SMILES string of the molecule is ISCC[C@@H]1CC2CC3C2C2C3C3CC1C32. The molecule has 5 aliphatic rings. The fourth-order valence-corrected chi connectivity index (χ4v) is 7.94. The minimum absolute atomic E-state index is 1.14. The van der Waals surface area contributed by atoms with Crippen LogP contribution in [0.5, 0.6) is 0 Å². The van der Waals surface area contributed by atoms with E-state index in [2.05, 4.69) is 21.2 Å². The molecular weight excluding hydrogens is 327 g/mol. The van der Waals surface area contributed by atoms with Crippen molar-refractivity contribution < 1.29 is 0 Å². The smallest absolute Gasteiger partial charge is 0.00362 e. The van der Waals surface area contributed by atoms with E-state index >= 15 is 0 Å². The van der Waals surface area contributed by atoms with Crippen LogP contribution in [0, 0.1) is 53.3 Å². The molecule has 0 aromatic rings. The predicted octanol–water partition coefficient (Wildman–Crippen LogP) is 4.24. The predicted molar refractivity (Wildman–Crippen MR) is 76.4 cm³/mol. The van der Waals surface area contributed by atoms with Crippen molar-refractivity contribution in [3.63, 3.8) is 0 Å². The molecule has 0 aromatic carbocycles. The summed E-state index contributed by atoms with van der Waals surface area (Å²) in [5, 5.41) is 0. The molecule has 5 fully saturated rings. The molecule has 5 aliphatic carbocycles. The molecule has 0 spiro atoms. The maximum atomic E-state index is 2.48. The highest BCUT2D eigenvalue weighted by molar-refractivity contribution is 14.2. The largest absolute Gasteiger partial charge is 0.0894 e. The lowest BCUT2D eigenvalue weighted by atomic mass is 9.25. The first-order chi connectivity index (χ1) is 7.90. The van der Waals surface area contributed by atoms with Gasteiger partial charge in [0.25, 0.3) is 0 Å². The molecule has 88 valence electrons. The van der Waals surface area contributed by atoms with Crippen molar-refractivity contribution in [1.82, 2.24) is 0 Å². The van der Waals surface area contributed by atoms with Gasteiger partial charge in [-0.1, -0.05) is 8.93 Å². The van der Waals surface area contributed by atoms with Gasteiger partial charge in [-0.25, -0.2) is 0 Å². The van der Waals surface area contributed by atoms with E-state index in [1.807, 2.05) is 8.93 Å². The Kier molecular flexibility index (Phi) is 1.96. The quantitative estimate of drug-likeness (QED) is 0.689. The Morgan fingerprint density at radius 3 is 2.56 bits per heavy atom. The molecule has 0 heterocycles. The fraction of sp³-hybridized carbons (Fsp3) is 1.00. The standard InChI is InChI=1S/C14H19IS/c15-16-2-1-6-3-7-4-9-11(7)14-12-8(6)5-10(12)13(9)14/h6-14H,1-5H2/t6-,7?,8?,9?,10?,11?,12?,13?,14?/m1/s1. The Labute approximate surface area is 114 Å². The number of hydrogen-bond acceptors (Lipinski definition) is 1. The fourth-order valence-electron chi connectivity index (χ4n) is 6.78. The highest BCUT2D eigenvalue weighted by Crippen LogP contribution is 2.83. The Bertz CT molecular complexity index is 344. The first kappa shape index (κ1) is 9.94. The third-order valence-electron chi connectivity index (χ3n) is 7.25. The van der Waals surface area contributed by atoms with Gasteiger partial charge in [0.2, 0.25) is 0 Å². The maximum Gasteiger partial charge on any atom is 0.00362 e. The van der Waals surface area contributed by atoms with E-state index in [4.69, 9.17) is 0 Å². The van der Waals surface area contributed by atoms with Gasteiger partial charge in [-0.3, -0.25) is 0 Å². The van der Waals surface area contributed by atoms with Crippen molar-refractivity contribution >= 4 is 30.1 Å². The summed E-state index contributed by atoms with van der Waals surface area (Å²) in [5.74, 6) is 12.5. The minimum Gasteiger partial charge on any atom is -0.0894 e. The summed E-state index contributed by atoms with van der Waals surface area (Å²) in [6, 6.07) is 0. The first-order valence-corrected chi connectivity index (χ1v) is 10.7. The second kappa shape index (κ2) is 3.15. The van der Waals surface area contributed by atoms with Gasteiger partial charge in [0.1, 0.15) is 0 Å². The van der Waals surface area contributed by atoms with E-state index in [1.54, 1.807) is 19.3 Å². The molecule has 0 radical (unpaired) electrons. The average Bonchev–Trinajstić information content (AvgIpc) is 2.42. The second-order valence-corrected chi connectivity index (χ2v) is 9.63. The first-order valence-electron chi connectivity index (χ1n) is 7.13. The average molecular weight is 346 g/mol. The third-order valence-corrected chi connectivity index (χ3v) is 8.96. The molecule has 16 heavy (non-hydrogen) atoms. The van der Waals surface area contributed by atoms with Gasteiger partial charge in [0, 0.05) is 5.75 Å². The lowest BCUT2D eigenvalue weighted by molar-refractivity contribution is -0.318. The number of fused-ring (bicyclic) bond motifs is 2. The molecule has 2 heteroatoms. The Morgan fingerprint density at radius 1 is 0.875 bits per heavy atom. The van der Waals surface area contributed by atoms with Crippen LogP contribution in [0.15, 0.2) is 0 Å². The van der Waals surface area contributed by atoms with Crippen LogP contribution in [0.2, 0.25) is 0 Å². The molecule has 0 aromatic heterocycles. The van der Waals surface area contributed by atoms with Gasteiger partial charge < -0.3 is 0 Å². The van der Waals surface area contributed by atoms with E-state index in [0.717, 1.165) is 5.92 Å². The molecule has 5 rings (SSSR count). The maximum absolute atomic E-state index is 2.48. The van der Waals surface area contributed by atoms with Crippen molar-refractivity contribution in [2.75, 3.05) is 5.75 Å². The summed E-state index contributed by atoms with van der Waals surface area (Å²) in [4.78, 5) is 0. The van der Waals surface area contributed by atoms with Crippen molar-refractivity contribution in [2.45, 2.75) is 25.7 Å². The molecule has 0 aliphatic heterocycles. The van der Waals surface area contributed by atoms with Crippen molar-refractivity contribution in [3.8, 4) is 0 Å². The van der Waals surface area contributed by atoms with Gasteiger partial charge >= 0.3 is 0 Å². The zero-order valence-electron chi connectivity index (χ0n) is 9.52. The van der Waals surface area contributed by atoms with Crippen LogP contribution >= 0.6 is 30.1 Å². The van der Waals surface area contributed by atoms with Crippen LogP contribution in [0.1, 0.15) is 25.7 Å². The molecular formula is C14H19IS. The van der Waals surface area contributed by atoms with E-state index < -0.39 is 0 Å². The van der Waals surface area contributed by atoms with Crippen LogP contribution in [0.3, 0.4) is 0 Å². The number of rotatable bonds is 3. The molecule has 5 saturated carbocycles. The highest BCUT2D eigenvalue weighted by atomic mass is 127. The summed E-state index contributed by atoms with van der Waals surface area (Å²) >= 11 is 2.48. The van der Waals surface area contributed by atoms with Gasteiger partial charge in [-0.2, -0.15) is 0 Å². The molecule has 0 amide bonds. The summed E-state index contributed by atoms with van der Waals surface area (Å²) in [6.07, 6.45) is 6.47. The Morgan fingerprint density at radius 2 is 1.69 bits per heavy atom. The summed E-state index contributed by atoms with van der Waals surface area (Å²) in [7, 11) is 2.04. The van der Waals surface area contributed by atoms with E-state index in [0.29, 0.717) is 0 Å². The molecule has 0 bridgehead atoms. The molecule has 9 atom stereocenters. The van der Waals surface area contributed by atoms with Crippen molar-refractivity contribution in [2.24, 2.45) is 53.3 Å². The number of hydrogen-bond donors (Lipinski definition) is 0. The zero-order valence-corrected chi connectivity index (χ0v) is 12.5. The second-order valence-electron chi connectivity index (χ2n) is 7.13. The number of halogens is 1. The van der Waals surface area contributed by atoms with E-state index in [-0.39, 0.29) is 0 Å². The van der Waals surface area contributed by atoms with Crippen molar-refractivity contribution in [3.05, 3.63) is 0 Å². The highest BCUT2D eigenvalue weighted by Gasteiger charge is 2.77. The van der Waals surface area contributed by atoms with Gasteiger partial charge in [-0.15, -0.1) is 0 Å². The van der Waals surface area contributed by atoms with Crippen LogP contribution in [-0.4, -0.2) is 5.75 Å². The minimum atomic E-state index is 1.14. The van der Waals surface area contributed by atoms with Gasteiger partial charge in [-0.05, 0) is 100 Å². The molecule has 0 nitrogen and oxygen atoms in total. The summed E-state index contributed by atoms with van der Waals surface area (Å²) < 4.78 is 0. The van der Waals surface area contributed by atoms with Crippen LogP contribution < -0.4 is 0 Å². The van der Waals surface area contributed by atoms with Gasteiger partial charge in [0.05, 0.1) is 0 Å². The molecule has 8 unspecified atom stereocenters. The molecule has 0 saturated heterocycles. The van der Waals surface area contributed by atoms with Crippen LogP contribution in [-0.2, 0) is 0 Å². The normalized spacial score (nSPS) is 67.7. The van der Waals surface area contributed by atoms with E-state index in [1.165, 1.54) is 59.5 Å².